The van der Waals surface area contributed by atoms with Crippen LogP contribution in [0.5, 0.6) is 5.75 Å². The largest absolute Gasteiger partial charge is 0.497 e. The zero-order valence-corrected chi connectivity index (χ0v) is 12.7. The van der Waals surface area contributed by atoms with E-state index in [0.29, 0.717) is 16.3 Å². The summed E-state index contributed by atoms with van der Waals surface area (Å²) < 4.78 is 5.11. The molecular formula is C16H18ClNO3. The first kappa shape index (κ1) is 14.4. The fourth-order valence-electron chi connectivity index (χ4n) is 3.44. The Labute approximate surface area is 128 Å². The second-order valence-electron chi connectivity index (χ2n) is 5.82. The van der Waals surface area contributed by atoms with Crippen molar-refractivity contribution in [2.45, 2.75) is 43.6 Å². The maximum Gasteiger partial charge on any atom is 0.236 e. The third kappa shape index (κ3) is 2.31. The smallest absolute Gasteiger partial charge is 0.236 e. The molecule has 1 aromatic carbocycles. The van der Waals surface area contributed by atoms with Gasteiger partial charge in [-0.15, -0.1) is 0 Å². The summed E-state index contributed by atoms with van der Waals surface area (Å²) in [7, 11) is 1.55. The molecule has 0 bridgehead atoms. The summed E-state index contributed by atoms with van der Waals surface area (Å²) in [5.41, 5.74) is -0.0918. The summed E-state index contributed by atoms with van der Waals surface area (Å²) in [6.07, 6.45) is 4.56. The van der Waals surface area contributed by atoms with Gasteiger partial charge in [-0.1, -0.05) is 36.9 Å². The summed E-state index contributed by atoms with van der Waals surface area (Å²) in [5.74, 6) is -0.434. The number of ketones is 1. The molecule has 4 nitrogen and oxygen atoms in total. The van der Waals surface area contributed by atoms with Gasteiger partial charge in [0.15, 0.2) is 5.78 Å². The molecule has 1 N–H and O–H groups in total. The minimum absolute atomic E-state index is 0.0285. The number of ether oxygens (including phenoxy) is 1. The van der Waals surface area contributed by atoms with Gasteiger partial charge in [0.1, 0.15) is 11.7 Å². The van der Waals surface area contributed by atoms with Crippen molar-refractivity contribution in [2.75, 3.05) is 7.11 Å². The van der Waals surface area contributed by atoms with Crippen LogP contribution in [0.2, 0.25) is 5.02 Å². The molecule has 1 aromatic rings. The molecule has 3 rings (SSSR count). The van der Waals surface area contributed by atoms with E-state index in [2.05, 4.69) is 5.32 Å². The lowest BCUT2D eigenvalue weighted by molar-refractivity contribution is -0.125. The van der Waals surface area contributed by atoms with Crippen LogP contribution in [0, 0.1) is 0 Å². The van der Waals surface area contributed by atoms with Gasteiger partial charge in [0.05, 0.1) is 12.6 Å². The Balaban J connectivity index is 1.95. The Bertz CT molecular complexity index is 593. The number of carbonyl (C=O) groups is 2. The van der Waals surface area contributed by atoms with Crippen molar-refractivity contribution in [3.63, 3.8) is 0 Å². The van der Waals surface area contributed by atoms with Gasteiger partial charge >= 0.3 is 0 Å². The number of methoxy groups -OCH3 is 1. The van der Waals surface area contributed by atoms with Crippen molar-refractivity contribution >= 4 is 23.3 Å². The number of rotatable bonds is 2. The van der Waals surface area contributed by atoms with Crippen LogP contribution in [0.4, 0.5) is 0 Å². The quantitative estimate of drug-likeness (QED) is 0.855. The first-order valence-corrected chi connectivity index (χ1v) is 7.65. The van der Waals surface area contributed by atoms with Crippen LogP contribution in [0.15, 0.2) is 18.2 Å². The molecule has 21 heavy (non-hydrogen) atoms. The van der Waals surface area contributed by atoms with Crippen LogP contribution in [0.1, 0.15) is 43.6 Å². The molecular weight excluding hydrogens is 290 g/mol. The number of carbonyl (C=O) groups excluding carboxylic acids is 2. The third-order valence-electron chi connectivity index (χ3n) is 4.58. The zero-order chi connectivity index (χ0) is 15.0. The van der Waals surface area contributed by atoms with Gasteiger partial charge < -0.3 is 10.1 Å². The highest BCUT2D eigenvalue weighted by Crippen LogP contribution is 2.41. The second kappa shape index (κ2) is 5.34. The van der Waals surface area contributed by atoms with Gasteiger partial charge in [0.25, 0.3) is 0 Å². The predicted molar refractivity (Wildman–Crippen MR) is 79.7 cm³/mol. The van der Waals surface area contributed by atoms with Crippen molar-refractivity contribution < 1.29 is 14.3 Å². The summed E-state index contributed by atoms with van der Waals surface area (Å²) in [6.45, 7) is 0. The van der Waals surface area contributed by atoms with Crippen LogP contribution in [0.25, 0.3) is 0 Å². The topological polar surface area (TPSA) is 55.4 Å². The average Bonchev–Trinajstić information content (AvgIpc) is 2.71. The number of benzene rings is 1. The lowest BCUT2D eigenvalue weighted by Crippen LogP contribution is -2.47. The molecule has 1 spiro atoms. The Morgan fingerprint density at radius 1 is 1.24 bits per heavy atom. The van der Waals surface area contributed by atoms with Crippen molar-refractivity contribution in [1.29, 1.82) is 0 Å². The summed E-state index contributed by atoms with van der Waals surface area (Å²) >= 11 is 6.23. The summed E-state index contributed by atoms with van der Waals surface area (Å²) in [6, 6.07) is 5.09. The van der Waals surface area contributed by atoms with Crippen LogP contribution < -0.4 is 10.1 Å². The third-order valence-corrected chi connectivity index (χ3v) is 4.91. The fourth-order valence-corrected chi connectivity index (χ4v) is 3.72. The molecule has 2 fully saturated rings. The van der Waals surface area contributed by atoms with E-state index < -0.39 is 11.5 Å². The molecule has 1 saturated carbocycles. The number of hydrogen-bond donors (Lipinski definition) is 1. The highest BCUT2D eigenvalue weighted by atomic mass is 35.5. The van der Waals surface area contributed by atoms with Gasteiger partial charge in [0, 0.05) is 5.02 Å². The van der Waals surface area contributed by atoms with E-state index >= 15 is 0 Å². The number of hydrogen-bond acceptors (Lipinski definition) is 3. The molecule has 1 atom stereocenters. The van der Waals surface area contributed by atoms with Crippen LogP contribution >= 0.6 is 11.6 Å². The van der Waals surface area contributed by atoms with Gasteiger partial charge in [0.2, 0.25) is 5.91 Å². The van der Waals surface area contributed by atoms with E-state index in [1.807, 2.05) is 0 Å². The highest BCUT2D eigenvalue weighted by molar-refractivity contribution is 6.33. The number of Topliss-reactive ketones (excluding diaryl/α,β-unsaturated/α-hetero) is 1. The molecule has 0 radical (unpaired) electrons. The maximum atomic E-state index is 12.8. The predicted octanol–water partition coefficient (Wildman–Crippen LogP) is 2.83. The molecule has 1 amide bonds. The molecule has 5 heteroatoms. The van der Waals surface area contributed by atoms with E-state index in [4.69, 9.17) is 16.3 Å². The average molecular weight is 308 g/mol. The van der Waals surface area contributed by atoms with E-state index in [1.165, 1.54) is 0 Å². The molecule has 0 aromatic heterocycles. The molecule has 112 valence electrons. The Morgan fingerprint density at radius 3 is 2.57 bits per heavy atom. The summed E-state index contributed by atoms with van der Waals surface area (Å²) in [5, 5.41) is 3.34. The SMILES string of the molecule is COc1ccc(C2C(=O)NC3(CCCCC3)C2=O)c(Cl)c1. The zero-order valence-electron chi connectivity index (χ0n) is 11.9. The first-order chi connectivity index (χ1) is 10.1. The lowest BCUT2D eigenvalue weighted by atomic mass is 9.77. The van der Waals surface area contributed by atoms with Gasteiger partial charge in [-0.05, 0) is 30.5 Å². The van der Waals surface area contributed by atoms with E-state index in [0.717, 1.165) is 32.1 Å². The lowest BCUT2D eigenvalue weighted by Gasteiger charge is -2.31. The van der Waals surface area contributed by atoms with Gasteiger partial charge in [-0.3, -0.25) is 9.59 Å². The Morgan fingerprint density at radius 2 is 1.95 bits per heavy atom. The Hall–Kier alpha value is -1.55. The highest BCUT2D eigenvalue weighted by Gasteiger charge is 2.53. The molecule has 1 heterocycles. The normalized spacial score (nSPS) is 24.2. The van der Waals surface area contributed by atoms with Gasteiger partial charge in [-0.2, -0.15) is 0 Å². The molecule has 1 saturated heterocycles. The number of nitrogens with one attached hydrogen (secondary N) is 1. The molecule has 1 aliphatic carbocycles. The minimum Gasteiger partial charge on any atom is -0.497 e. The standard InChI is InChI=1S/C16H18ClNO3/c1-21-10-5-6-11(12(17)9-10)13-14(19)16(18-15(13)20)7-3-2-4-8-16/h5-6,9,13H,2-4,7-8H2,1H3,(H,18,20). The van der Waals surface area contributed by atoms with Gasteiger partial charge in [-0.25, -0.2) is 0 Å². The Kier molecular flexibility index (Phi) is 3.66. The van der Waals surface area contributed by atoms with E-state index in [1.54, 1.807) is 25.3 Å². The maximum absolute atomic E-state index is 12.8. The van der Waals surface area contributed by atoms with Crippen LogP contribution in [-0.4, -0.2) is 24.3 Å². The first-order valence-electron chi connectivity index (χ1n) is 7.27. The van der Waals surface area contributed by atoms with Crippen molar-refractivity contribution in [3.05, 3.63) is 28.8 Å². The van der Waals surface area contributed by atoms with Crippen LogP contribution in [0.3, 0.4) is 0 Å². The second-order valence-corrected chi connectivity index (χ2v) is 6.22. The molecule has 1 unspecified atom stereocenters. The van der Waals surface area contributed by atoms with E-state index in [9.17, 15) is 9.59 Å². The van der Waals surface area contributed by atoms with Crippen molar-refractivity contribution in [3.8, 4) is 5.75 Å². The van der Waals surface area contributed by atoms with Crippen molar-refractivity contribution in [2.24, 2.45) is 0 Å². The molecule has 1 aliphatic heterocycles. The monoisotopic (exact) mass is 307 g/mol. The fraction of sp³-hybridized carbons (Fsp3) is 0.500. The van der Waals surface area contributed by atoms with Crippen LogP contribution in [-0.2, 0) is 9.59 Å². The summed E-state index contributed by atoms with van der Waals surface area (Å²) in [4.78, 5) is 25.2. The molecule has 2 aliphatic rings. The van der Waals surface area contributed by atoms with Crippen molar-refractivity contribution in [1.82, 2.24) is 5.32 Å². The van der Waals surface area contributed by atoms with E-state index in [-0.39, 0.29) is 11.7 Å². The minimum atomic E-state index is -0.790. The number of halogens is 1. The number of amides is 1.